The van der Waals surface area contributed by atoms with Crippen LogP contribution in [0.2, 0.25) is 0 Å². The third kappa shape index (κ3) is 3.09. The van der Waals surface area contributed by atoms with E-state index < -0.39 is 0 Å². The Morgan fingerprint density at radius 2 is 2.47 bits per heavy atom. The van der Waals surface area contributed by atoms with Gasteiger partial charge in [0.25, 0.3) is 0 Å². The van der Waals surface area contributed by atoms with Crippen LogP contribution in [0.3, 0.4) is 0 Å². The quantitative estimate of drug-likeness (QED) is 0.818. The molecule has 0 aliphatic carbocycles. The van der Waals surface area contributed by atoms with Crippen molar-refractivity contribution < 1.29 is 9.15 Å². The first-order chi connectivity index (χ1) is 8.35. The van der Waals surface area contributed by atoms with Gasteiger partial charge in [0.2, 0.25) is 0 Å². The summed E-state index contributed by atoms with van der Waals surface area (Å²) in [5.41, 5.74) is 5.91. The summed E-state index contributed by atoms with van der Waals surface area (Å²) in [7, 11) is 0. The maximum atomic E-state index is 5.91. The molecule has 0 aromatic carbocycles. The Labute approximate surface area is 103 Å². The van der Waals surface area contributed by atoms with Gasteiger partial charge in [-0.15, -0.1) is 0 Å². The number of ether oxygens (including phenoxy) is 1. The maximum absolute atomic E-state index is 5.91. The second-order valence-electron chi connectivity index (χ2n) is 4.50. The van der Waals surface area contributed by atoms with E-state index in [1.165, 1.54) is 0 Å². The van der Waals surface area contributed by atoms with Crippen molar-refractivity contribution in [2.45, 2.75) is 38.5 Å². The summed E-state index contributed by atoms with van der Waals surface area (Å²) in [5.74, 6) is 0.989. The predicted molar refractivity (Wildman–Crippen MR) is 66.6 cm³/mol. The van der Waals surface area contributed by atoms with Crippen LogP contribution in [0.4, 0.5) is 0 Å². The summed E-state index contributed by atoms with van der Waals surface area (Å²) in [6, 6.07) is 4.23. The molecule has 0 spiro atoms. The van der Waals surface area contributed by atoms with Crippen LogP contribution in [0.25, 0.3) is 0 Å². The Hall–Kier alpha value is -0.840. The largest absolute Gasteiger partial charge is 0.468 e. The van der Waals surface area contributed by atoms with Gasteiger partial charge in [0, 0.05) is 19.2 Å². The number of hydrogen-bond acceptors (Lipinski definition) is 4. The highest BCUT2D eigenvalue weighted by atomic mass is 16.5. The van der Waals surface area contributed by atoms with Crippen molar-refractivity contribution in [3.8, 4) is 0 Å². The van der Waals surface area contributed by atoms with E-state index in [4.69, 9.17) is 14.9 Å². The third-order valence-electron chi connectivity index (χ3n) is 3.45. The molecule has 2 unspecified atom stereocenters. The first-order valence-corrected chi connectivity index (χ1v) is 6.43. The lowest BCUT2D eigenvalue weighted by Gasteiger charge is -2.32. The molecular formula is C13H22N2O2. The lowest BCUT2D eigenvalue weighted by atomic mass is 10.1. The highest BCUT2D eigenvalue weighted by Crippen LogP contribution is 2.20. The molecular weight excluding hydrogens is 216 g/mol. The Kier molecular flexibility index (Phi) is 4.59. The first-order valence-electron chi connectivity index (χ1n) is 6.43. The molecule has 1 aliphatic rings. The van der Waals surface area contributed by atoms with Gasteiger partial charge in [-0.05, 0) is 31.5 Å². The molecule has 1 saturated heterocycles. The average molecular weight is 238 g/mol. The molecule has 0 saturated carbocycles. The van der Waals surface area contributed by atoms with Gasteiger partial charge in [-0.25, -0.2) is 0 Å². The van der Waals surface area contributed by atoms with Gasteiger partial charge in [0.1, 0.15) is 5.76 Å². The number of nitrogens with zero attached hydrogens (tertiary/aromatic N) is 1. The molecule has 2 heterocycles. The minimum Gasteiger partial charge on any atom is -0.468 e. The lowest BCUT2D eigenvalue weighted by molar-refractivity contribution is 0.0235. The summed E-state index contributed by atoms with van der Waals surface area (Å²) in [6.45, 7) is 5.44. The fraction of sp³-hybridized carbons (Fsp3) is 0.692. The zero-order valence-electron chi connectivity index (χ0n) is 10.5. The number of nitrogens with two attached hydrogens (primary N) is 1. The van der Waals surface area contributed by atoms with E-state index in [1.54, 1.807) is 6.26 Å². The number of hydrogen-bond donors (Lipinski definition) is 1. The maximum Gasteiger partial charge on any atom is 0.117 e. The first kappa shape index (κ1) is 12.6. The van der Waals surface area contributed by atoms with Crippen LogP contribution in [0, 0.1) is 0 Å². The molecule has 0 radical (unpaired) electrons. The van der Waals surface area contributed by atoms with Gasteiger partial charge >= 0.3 is 0 Å². The molecule has 4 nitrogen and oxygen atoms in total. The van der Waals surface area contributed by atoms with Crippen LogP contribution in [0.5, 0.6) is 0 Å². The third-order valence-corrected chi connectivity index (χ3v) is 3.45. The fourth-order valence-electron chi connectivity index (χ4n) is 2.51. The smallest absolute Gasteiger partial charge is 0.117 e. The van der Waals surface area contributed by atoms with E-state index in [0.717, 1.165) is 38.3 Å². The minimum absolute atomic E-state index is 0.287. The van der Waals surface area contributed by atoms with Crippen LogP contribution >= 0.6 is 0 Å². The van der Waals surface area contributed by atoms with E-state index in [1.807, 2.05) is 12.1 Å². The summed E-state index contributed by atoms with van der Waals surface area (Å²) in [4.78, 5) is 2.34. The number of furan rings is 1. The molecule has 1 aromatic heterocycles. The van der Waals surface area contributed by atoms with Crippen molar-refractivity contribution in [1.29, 1.82) is 0 Å². The van der Waals surface area contributed by atoms with Crippen molar-refractivity contribution in [2.75, 3.05) is 19.7 Å². The minimum atomic E-state index is 0.287. The highest BCUT2D eigenvalue weighted by molar-refractivity contribution is 4.99. The Morgan fingerprint density at radius 3 is 3.00 bits per heavy atom. The highest BCUT2D eigenvalue weighted by Gasteiger charge is 2.29. The van der Waals surface area contributed by atoms with Crippen molar-refractivity contribution in [3.63, 3.8) is 0 Å². The average Bonchev–Trinajstić information content (AvgIpc) is 3.00. The zero-order chi connectivity index (χ0) is 12.1. The van der Waals surface area contributed by atoms with Gasteiger partial charge in [-0.1, -0.05) is 6.92 Å². The summed E-state index contributed by atoms with van der Waals surface area (Å²) in [5, 5.41) is 0. The summed E-state index contributed by atoms with van der Waals surface area (Å²) < 4.78 is 11.2. The fourth-order valence-corrected chi connectivity index (χ4v) is 2.51. The standard InChI is InChI=1S/C13H22N2O2/c1-2-15(10-11-5-3-7-16-11)12(9-14)13-6-4-8-17-13/h3,5,7,12-13H,2,4,6,8-10,14H2,1H3. The van der Waals surface area contributed by atoms with Crippen LogP contribution in [-0.4, -0.2) is 36.7 Å². The molecule has 17 heavy (non-hydrogen) atoms. The molecule has 1 aliphatic heterocycles. The number of rotatable bonds is 6. The summed E-state index contributed by atoms with van der Waals surface area (Å²) in [6.07, 6.45) is 4.28. The molecule has 0 amide bonds. The predicted octanol–water partition coefficient (Wildman–Crippen LogP) is 1.61. The van der Waals surface area contributed by atoms with Gasteiger partial charge in [0.15, 0.2) is 0 Å². The van der Waals surface area contributed by atoms with E-state index in [9.17, 15) is 0 Å². The topological polar surface area (TPSA) is 51.6 Å². The van der Waals surface area contributed by atoms with Crippen molar-refractivity contribution in [2.24, 2.45) is 5.73 Å². The van der Waals surface area contributed by atoms with Crippen molar-refractivity contribution in [3.05, 3.63) is 24.2 Å². The zero-order valence-corrected chi connectivity index (χ0v) is 10.5. The molecule has 2 atom stereocenters. The normalized spacial score (nSPS) is 22.2. The van der Waals surface area contributed by atoms with Gasteiger partial charge in [-0.2, -0.15) is 0 Å². The van der Waals surface area contributed by atoms with E-state index >= 15 is 0 Å². The lowest BCUT2D eigenvalue weighted by Crippen LogP contribution is -2.47. The Morgan fingerprint density at radius 1 is 1.59 bits per heavy atom. The van der Waals surface area contributed by atoms with Crippen LogP contribution in [0.1, 0.15) is 25.5 Å². The SMILES string of the molecule is CCN(Cc1ccco1)C(CN)C1CCCO1. The van der Waals surface area contributed by atoms with Crippen LogP contribution in [-0.2, 0) is 11.3 Å². The molecule has 1 aromatic rings. The molecule has 2 rings (SSSR count). The van der Waals surface area contributed by atoms with Gasteiger partial charge in [-0.3, -0.25) is 4.90 Å². The molecule has 96 valence electrons. The van der Waals surface area contributed by atoms with Gasteiger partial charge in [0.05, 0.1) is 18.9 Å². The molecule has 4 heteroatoms. The molecule has 2 N–H and O–H groups in total. The van der Waals surface area contributed by atoms with Gasteiger partial charge < -0.3 is 14.9 Å². The summed E-state index contributed by atoms with van der Waals surface area (Å²) >= 11 is 0. The Balaban J connectivity index is 1.99. The van der Waals surface area contributed by atoms with Crippen molar-refractivity contribution in [1.82, 2.24) is 4.90 Å². The van der Waals surface area contributed by atoms with E-state index in [0.29, 0.717) is 12.6 Å². The second-order valence-corrected chi connectivity index (χ2v) is 4.50. The molecule has 0 bridgehead atoms. The monoisotopic (exact) mass is 238 g/mol. The Bertz CT molecular complexity index is 307. The van der Waals surface area contributed by atoms with E-state index in [2.05, 4.69) is 11.8 Å². The van der Waals surface area contributed by atoms with E-state index in [-0.39, 0.29) is 6.10 Å². The van der Waals surface area contributed by atoms with Crippen LogP contribution < -0.4 is 5.73 Å². The van der Waals surface area contributed by atoms with Crippen molar-refractivity contribution >= 4 is 0 Å². The second kappa shape index (κ2) is 6.19. The van der Waals surface area contributed by atoms with Crippen LogP contribution in [0.15, 0.2) is 22.8 Å². The molecule has 1 fully saturated rings. The number of likely N-dealkylation sites (N-methyl/N-ethyl adjacent to an activating group) is 1.